The fourth-order valence-electron chi connectivity index (χ4n) is 1.86. The average molecular weight is 214 g/mol. The molecule has 0 saturated carbocycles. The zero-order chi connectivity index (χ0) is 11.8. The smallest absolute Gasteiger partial charge is 0.00356 e. The summed E-state index contributed by atoms with van der Waals surface area (Å²) < 4.78 is 0. The molecule has 0 atom stereocenters. The van der Waals surface area contributed by atoms with Crippen LogP contribution in [-0.2, 0) is 0 Å². The van der Waals surface area contributed by atoms with Gasteiger partial charge >= 0.3 is 0 Å². The lowest BCUT2D eigenvalue weighted by atomic mass is 9.96. The molecule has 92 valence electrons. The molecular formula is C13H30N2. The maximum absolute atomic E-state index is 2.47. The van der Waals surface area contributed by atoms with Crippen LogP contribution in [0.4, 0.5) is 0 Å². The van der Waals surface area contributed by atoms with Crippen LogP contribution in [0.15, 0.2) is 0 Å². The molecule has 0 N–H and O–H groups in total. The molecule has 1 heterocycles. The van der Waals surface area contributed by atoms with Crippen LogP contribution in [0.5, 0.6) is 0 Å². The fraction of sp³-hybridized carbons (Fsp3) is 1.00. The molecule has 1 fully saturated rings. The highest BCUT2D eigenvalue weighted by atomic mass is 15.1. The zero-order valence-corrected chi connectivity index (χ0v) is 11.6. The van der Waals surface area contributed by atoms with Crippen LogP contribution in [0.3, 0.4) is 0 Å². The highest BCUT2D eigenvalue weighted by Crippen LogP contribution is 2.17. The number of nitrogens with zero attached hydrogens (tertiary/aromatic N) is 2. The van der Waals surface area contributed by atoms with Crippen molar-refractivity contribution in [2.75, 3.05) is 33.7 Å². The van der Waals surface area contributed by atoms with Crippen molar-refractivity contribution in [2.24, 2.45) is 5.92 Å². The SMILES string of the molecule is CC.CC(C)N(C)CC1CCN(C)CC1. The molecule has 2 nitrogen and oxygen atoms in total. The van der Waals surface area contributed by atoms with Gasteiger partial charge in [0.05, 0.1) is 0 Å². The molecule has 0 spiro atoms. The third kappa shape index (κ3) is 6.16. The second-order valence-corrected chi connectivity index (χ2v) is 4.78. The predicted octanol–water partition coefficient (Wildman–Crippen LogP) is 2.69. The maximum Gasteiger partial charge on any atom is 0.00356 e. The third-order valence-electron chi connectivity index (χ3n) is 3.27. The van der Waals surface area contributed by atoms with E-state index in [1.54, 1.807) is 0 Å². The van der Waals surface area contributed by atoms with Gasteiger partial charge in [-0.15, -0.1) is 0 Å². The van der Waals surface area contributed by atoms with Crippen molar-refractivity contribution in [3.63, 3.8) is 0 Å². The normalized spacial score (nSPS) is 19.2. The topological polar surface area (TPSA) is 6.48 Å². The van der Waals surface area contributed by atoms with Crippen molar-refractivity contribution in [3.05, 3.63) is 0 Å². The maximum atomic E-state index is 2.47. The van der Waals surface area contributed by atoms with Crippen LogP contribution in [0, 0.1) is 5.92 Å². The minimum absolute atomic E-state index is 0.694. The van der Waals surface area contributed by atoms with E-state index < -0.39 is 0 Å². The standard InChI is InChI=1S/C11H24N2.C2H6/c1-10(2)13(4)9-11-5-7-12(3)8-6-11;1-2/h10-11H,5-9H2,1-4H3;1-2H3. The van der Waals surface area contributed by atoms with E-state index in [1.165, 1.54) is 32.5 Å². The molecule has 0 amide bonds. The molecule has 0 aromatic heterocycles. The summed E-state index contributed by atoms with van der Waals surface area (Å²) in [7, 11) is 4.46. The summed E-state index contributed by atoms with van der Waals surface area (Å²) in [5.41, 5.74) is 0. The predicted molar refractivity (Wildman–Crippen MR) is 69.3 cm³/mol. The summed E-state index contributed by atoms with van der Waals surface area (Å²) in [6, 6.07) is 0.694. The Kier molecular flexibility index (Phi) is 8.07. The van der Waals surface area contributed by atoms with Crippen molar-refractivity contribution >= 4 is 0 Å². The highest BCUT2D eigenvalue weighted by Gasteiger charge is 2.18. The van der Waals surface area contributed by atoms with Gasteiger partial charge < -0.3 is 9.80 Å². The van der Waals surface area contributed by atoms with E-state index in [0.717, 1.165) is 5.92 Å². The molecule has 0 bridgehead atoms. The first-order valence-corrected chi connectivity index (χ1v) is 6.48. The Morgan fingerprint density at radius 2 is 1.67 bits per heavy atom. The minimum Gasteiger partial charge on any atom is -0.306 e. The van der Waals surface area contributed by atoms with E-state index >= 15 is 0 Å². The molecule has 0 aliphatic carbocycles. The van der Waals surface area contributed by atoms with Gasteiger partial charge in [0.1, 0.15) is 0 Å². The second kappa shape index (κ2) is 8.12. The molecule has 1 rings (SSSR count). The average Bonchev–Trinajstić information content (AvgIpc) is 2.24. The third-order valence-corrected chi connectivity index (χ3v) is 3.27. The Morgan fingerprint density at radius 1 is 1.20 bits per heavy atom. The van der Waals surface area contributed by atoms with Gasteiger partial charge in [0.15, 0.2) is 0 Å². The van der Waals surface area contributed by atoms with Gasteiger partial charge in [0, 0.05) is 12.6 Å². The number of hydrogen-bond acceptors (Lipinski definition) is 2. The van der Waals surface area contributed by atoms with Gasteiger partial charge in [0.2, 0.25) is 0 Å². The fourth-order valence-corrected chi connectivity index (χ4v) is 1.86. The lowest BCUT2D eigenvalue weighted by Gasteiger charge is -2.33. The monoisotopic (exact) mass is 214 g/mol. The van der Waals surface area contributed by atoms with Crippen LogP contribution in [0.1, 0.15) is 40.5 Å². The van der Waals surface area contributed by atoms with Crippen LogP contribution in [-0.4, -0.2) is 49.6 Å². The van der Waals surface area contributed by atoms with Gasteiger partial charge in [-0.05, 0) is 59.8 Å². The molecule has 15 heavy (non-hydrogen) atoms. The van der Waals surface area contributed by atoms with Gasteiger partial charge in [-0.1, -0.05) is 13.8 Å². The van der Waals surface area contributed by atoms with E-state index in [-0.39, 0.29) is 0 Å². The van der Waals surface area contributed by atoms with Gasteiger partial charge in [-0.3, -0.25) is 0 Å². The van der Waals surface area contributed by atoms with Crippen molar-refractivity contribution in [2.45, 2.75) is 46.6 Å². The number of piperidine rings is 1. The second-order valence-electron chi connectivity index (χ2n) is 4.78. The number of rotatable bonds is 3. The van der Waals surface area contributed by atoms with Crippen LogP contribution in [0.2, 0.25) is 0 Å². The Bertz CT molecular complexity index is 137. The first-order chi connectivity index (χ1) is 7.09. The summed E-state index contributed by atoms with van der Waals surface area (Å²) in [6.07, 6.45) is 2.76. The first kappa shape index (κ1) is 14.9. The summed E-state index contributed by atoms with van der Waals surface area (Å²) in [4.78, 5) is 4.90. The molecule has 0 aromatic rings. The molecule has 1 aliphatic rings. The molecular weight excluding hydrogens is 184 g/mol. The van der Waals surface area contributed by atoms with Crippen LogP contribution < -0.4 is 0 Å². The summed E-state index contributed by atoms with van der Waals surface area (Å²) >= 11 is 0. The Balaban J connectivity index is 0.000000921. The number of hydrogen-bond donors (Lipinski definition) is 0. The van der Waals surface area contributed by atoms with Crippen LogP contribution >= 0.6 is 0 Å². The molecule has 1 aliphatic heterocycles. The summed E-state index contributed by atoms with van der Waals surface area (Å²) in [5.74, 6) is 0.934. The van der Waals surface area contributed by atoms with E-state index in [2.05, 4.69) is 37.7 Å². The Labute approximate surface area is 96.6 Å². The summed E-state index contributed by atoms with van der Waals surface area (Å²) in [5, 5.41) is 0. The molecule has 1 saturated heterocycles. The summed E-state index contributed by atoms with van der Waals surface area (Å²) in [6.45, 7) is 12.4. The number of likely N-dealkylation sites (tertiary alicyclic amines) is 1. The Hall–Kier alpha value is -0.0800. The largest absolute Gasteiger partial charge is 0.306 e. The molecule has 0 radical (unpaired) electrons. The van der Waals surface area contributed by atoms with Crippen molar-refractivity contribution in [1.82, 2.24) is 9.80 Å². The van der Waals surface area contributed by atoms with E-state index in [9.17, 15) is 0 Å². The van der Waals surface area contributed by atoms with E-state index in [4.69, 9.17) is 0 Å². The molecule has 0 unspecified atom stereocenters. The van der Waals surface area contributed by atoms with E-state index in [1.807, 2.05) is 13.8 Å². The zero-order valence-electron chi connectivity index (χ0n) is 11.6. The lowest BCUT2D eigenvalue weighted by molar-refractivity contribution is 0.160. The van der Waals surface area contributed by atoms with Crippen LogP contribution in [0.25, 0.3) is 0 Å². The highest BCUT2D eigenvalue weighted by molar-refractivity contribution is 4.73. The first-order valence-electron chi connectivity index (χ1n) is 6.48. The van der Waals surface area contributed by atoms with Crippen molar-refractivity contribution < 1.29 is 0 Å². The minimum atomic E-state index is 0.694. The quantitative estimate of drug-likeness (QED) is 0.713. The Morgan fingerprint density at radius 3 is 2.07 bits per heavy atom. The van der Waals surface area contributed by atoms with Gasteiger partial charge in [-0.2, -0.15) is 0 Å². The molecule has 2 heteroatoms. The van der Waals surface area contributed by atoms with Gasteiger partial charge in [-0.25, -0.2) is 0 Å². The van der Waals surface area contributed by atoms with Gasteiger partial charge in [0.25, 0.3) is 0 Å². The van der Waals surface area contributed by atoms with Crippen molar-refractivity contribution in [3.8, 4) is 0 Å². The van der Waals surface area contributed by atoms with Crippen molar-refractivity contribution in [1.29, 1.82) is 0 Å². The molecule has 0 aromatic carbocycles. The van der Waals surface area contributed by atoms with E-state index in [0.29, 0.717) is 6.04 Å². The lowest BCUT2D eigenvalue weighted by Crippen LogP contribution is -2.37.